The molecule has 1 aliphatic heterocycles. The van der Waals surface area contributed by atoms with Gasteiger partial charge in [0.1, 0.15) is 18.6 Å². The standard InChI is InChI=1S/C34H33F3N2O10/c1-18(2)30(41)48-27-19(3)47-33(44)24(17-46-32(43)23(27)15-20-9-6-5-7-10-20)39-29(40)26-28(25(45-4)13-14-38-26)49-31(42)21-11-8-12-22(16-21)34(35,36)37/h5-14,16,18-19,23-24,27H,15,17H2,1-4H3,(H,39,40)/t19-,23?,24-,27?/m0/s1. The van der Waals surface area contributed by atoms with E-state index < -0.39 is 95.2 Å². The van der Waals surface area contributed by atoms with Gasteiger partial charge in [0.25, 0.3) is 5.91 Å². The van der Waals surface area contributed by atoms with Crippen LogP contribution >= 0.6 is 0 Å². The summed E-state index contributed by atoms with van der Waals surface area (Å²) in [4.78, 5) is 69.8. The number of pyridine rings is 1. The zero-order valence-corrected chi connectivity index (χ0v) is 26.8. The summed E-state index contributed by atoms with van der Waals surface area (Å²) < 4.78 is 66.9. The van der Waals surface area contributed by atoms with Gasteiger partial charge in [-0.3, -0.25) is 14.4 Å². The maximum absolute atomic E-state index is 13.5. The number of hydrogen-bond donors (Lipinski definition) is 1. The molecule has 2 heterocycles. The predicted octanol–water partition coefficient (Wildman–Crippen LogP) is 4.34. The Balaban J connectivity index is 1.60. The molecule has 2 aromatic carbocycles. The second kappa shape index (κ2) is 15.6. The lowest BCUT2D eigenvalue weighted by Gasteiger charge is -2.29. The van der Waals surface area contributed by atoms with Crippen LogP contribution in [0, 0.1) is 11.8 Å². The largest absolute Gasteiger partial charge is 0.493 e. The van der Waals surface area contributed by atoms with Crippen molar-refractivity contribution in [3.63, 3.8) is 0 Å². The first-order valence-electron chi connectivity index (χ1n) is 15.0. The topological polar surface area (TPSA) is 156 Å². The lowest BCUT2D eigenvalue weighted by Crippen LogP contribution is -2.47. The third-order valence-corrected chi connectivity index (χ3v) is 7.39. The molecule has 4 rings (SSSR count). The lowest BCUT2D eigenvalue weighted by molar-refractivity contribution is -0.176. The summed E-state index contributed by atoms with van der Waals surface area (Å²) in [6, 6.07) is 11.9. The Morgan fingerprint density at radius 2 is 1.73 bits per heavy atom. The normalized spacial score (nSPS) is 19.8. The van der Waals surface area contributed by atoms with Crippen LogP contribution in [0.2, 0.25) is 0 Å². The van der Waals surface area contributed by atoms with Crippen molar-refractivity contribution in [2.75, 3.05) is 13.7 Å². The van der Waals surface area contributed by atoms with Crippen molar-refractivity contribution < 1.29 is 60.8 Å². The number of nitrogens with zero attached hydrogens (tertiary/aromatic N) is 1. The molecule has 0 radical (unpaired) electrons. The van der Waals surface area contributed by atoms with E-state index in [-0.39, 0.29) is 12.2 Å². The molecule has 0 saturated carbocycles. The summed E-state index contributed by atoms with van der Waals surface area (Å²) in [7, 11) is 1.18. The van der Waals surface area contributed by atoms with Gasteiger partial charge in [-0.1, -0.05) is 50.2 Å². The van der Waals surface area contributed by atoms with Gasteiger partial charge < -0.3 is 29.0 Å². The van der Waals surface area contributed by atoms with E-state index >= 15 is 0 Å². The second-order valence-electron chi connectivity index (χ2n) is 11.3. The molecule has 1 fully saturated rings. The van der Waals surface area contributed by atoms with E-state index in [1.54, 1.807) is 44.2 Å². The van der Waals surface area contributed by atoms with Crippen molar-refractivity contribution in [2.45, 2.75) is 51.6 Å². The Morgan fingerprint density at radius 3 is 2.39 bits per heavy atom. The molecule has 260 valence electrons. The van der Waals surface area contributed by atoms with Crippen molar-refractivity contribution in [2.24, 2.45) is 11.8 Å². The van der Waals surface area contributed by atoms with Gasteiger partial charge in [-0.2, -0.15) is 13.2 Å². The summed E-state index contributed by atoms with van der Waals surface area (Å²) in [5.41, 5.74) is -1.45. The number of hydrogen-bond acceptors (Lipinski definition) is 11. The Bertz CT molecular complexity index is 1700. The molecule has 1 N–H and O–H groups in total. The number of ether oxygens (including phenoxy) is 5. The zero-order chi connectivity index (χ0) is 35.9. The van der Waals surface area contributed by atoms with Crippen molar-refractivity contribution in [3.8, 4) is 11.5 Å². The summed E-state index contributed by atoms with van der Waals surface area (Å²) in [5.74, 6) is -7.30. The van der Waals surface area contributed by atoms with Gasteiger partial charge in [0.05, 0.1) is 24.2 Å². The predicted molar refractivity (Wildman–Crippen MR) is 163 cm³/mol. The lowest BCUT2D eigenvalue weighted by atomic mass is 9.91. The van der Waals surface area contributed by atoms with Gasteiger partial charge in [-0.15, -0.1) is 0 Å². The van der Waals surface area contributed by atoms with E-state index in [4.69, 9.17) is 23.7 Å². The molecule has 0 bridgehead atoms. The first kappa shape index (κ1) is 36.4. The summed E-state index contributed by atoms with van der Waals surface area (Å²) in [5, 5.41) is 2.34. The van der Waals surface area contributed by atoms with Gasteiger partial charge in [-0.25, -0.2) is 14.6 Å². The highest BCUT2D eigenvalue weighted by atomic mass is 19.4. The first-order valence-corrected chi connectivity index (χ1v) is 15.0. The number of esters is 4. The highest BCUT2D eigenvalue weighted by Gasteiger charge is 2.42. The monoisotopic (exact) mass is 686 g/mol. The molecule has 49 heavy (non-hydrogen) atoms. The molecule has 15 heteroatoms. The molecule has 0 spiro atoms. The van der Waals surface area contributed by atoms with E-state index in [1.807, 2.05) is 0 Å². The third-order valence-electron chi connectivity index (χ3n) is 7.39. The SMILES string of the molecule is COc1ccnc(C(=O)N[C@H]2COC(=O)C(Cc3ccccc3)C(OC(=O)C(C)C)[C@H](C)OC2=O)c1OC(=O)c1cccc(C(F)(F)F)c1. The molecule has 1 aliphatic rings. The first-order chi connectivity index (χ1) is 23.2. The maximum Gasteiger partial charge on any atom is 0.416 e. The van der Waals surface area contributed by atoms with Gasteiger partial charge in [0.2, 0.25) is 5.75 Å². The quantitative estimate of drug-likeness (QED) is 0.252. The Morgan fingerprint density at radius 1 is 1.02 bits per heavy atom. The van der Waals surface area contributed by atoms with Crippen LogP contribution in [0.4, 0.5) is 13.2 Å². The number of aromatic nitrogens is 1. The molecule has 1 saturated heterocycles. The fourth-order valence-corrected chi connectivity index (χ4v) is 4.80. The molecule has 1 amide bonds. The van der Waals surface area contributed by atoms with E-state index in [0.29, 0.717) is 11.6 Å². The fraction of sp³-hybridized carbons (Fsp3) is 0.353. The van der Waals surface area contributed by atoms with Gasteiger partial charge in [0, 0.05) is 12.3 Å². The second-order valence-corrected chi connectivity index (χ2v) is 11.3. The van der Waals surface area contributed by atoms with Crippen molar-refractivity contribution in [1.29, 1.82) is 0 Å². The molecular weight excluding hydrogens is 653 g/mol. The minimum atomic E-state index is -4.74. The molecular formula is C34H33F3N2O10. The molecule has 12 nitrogen and oxygen atoms in total. The Kier molecular flexibility index (Phi) is 11.6. The van der Waals surface area contributed by atoms with E-state index in [1.165, 1.54) is 20.1 Å². The summed E-state index contributed by atoms with van der Waals surface area (Å²) in [6.07, 6.45) is -5.96. The average Bonchev–Trinajstić information content (AvgIpc) is 3.10. The van der Waals surface area contributed by atoms with Crippen LogP contribution in [0.25, 0.3) is 0 Å². The number of alkyl halides is 3. The minimum Gasteiger partial charge on any atom is -0.493 e. The number of benzene rings is 2. The van der Waals surface area contributed by atoms with Crippen molar-refractivity contribution >= 4 is 29.8 Å². The average molecular weight is 687 g/mol. The number of amides is 1. The van der Waals surface area contributed by atoms with Crippen LogP contribution in [0.5, 0.6) is 11.5 Å². The highest BCUT2D eigenvalue weighted by Crippen LogP contribution is 2.33. The van der Waals surface area contributed by atoms with Gasteiger partial charge >= 0.3 is 30.1 Å². The fourth-order valence-electron chi connectivity index (χ4n) is 4.80. The number of carbonyl (C=O) groups excluding carboxylic acids is 5. The van der Waals surface area contributed by atoms with Crippen LogP contribution in [-0.4, -0.2) is 66.7 Å². The zero-order valence-electron chi connectivity index (χ0n) is 26.8. The van der Waals surface area contributed by atoms with E-state index in [0.717, 1.165) is 24.4 Å². The maximum atomic E-state index is 13.5. The number of cyclic esters (lactones) is 2. The summed E-state index contributed by atoms with van der Waals surface area (Å²) in [6.45, 7) is 3.93. The van der Waals surface area contributed by atoms with Crippen LogP contribution in [0.1, 0.15) is 52.7 Å². The van der Waals surface area contributed by atoms with Crippen molar-refractivity contribution in [1.82, 2.24) is 10.3 Å². The Labute approximate surface area is 278 Å². The molecule has 4 atom stereocenters. The number of carbonyl (C=O) groups is 5. The van der Waals surface area contributed by atoms with E-state index in [9.17, 15) is 37.1 Å². The minimum absolute atomic E-state index is 0.0724. The summed E-state index contributed by atoms with van der Waals surface area (Å²) >= 11 is 0. The Hall–Kier alpha value is -5.47. The molecule has 1 aromatic heterocycles. The third kappa shape index (κ3) is 9.12. The van der Waals surface area contributed by atoms with Gasteiger partial charge in [0.15, 0.2) is 23.6 Å². The number of rotatable bonds is 9. The highest BCUT2D eigenvalue weighted by molar-refractivity contribution is 6.00. The van der Waals surface area contributed by atoms with E-state index in [2.05, 4.69) is 10.3 Å². The molecule has 0 aliphatic carbocycles. The number of halogens is 3. The van der Waals surface area contributed by atoms with Crippen molar-refractivity contribution in [3.05, 3.63) is 89.2 Å². The van der Waals surface area contributed by atoms with Gasteiger partial charge in [-0.05, 0) is 37.1 Å². The van der Waals surface area contributed by atoms with Crippen LogP contribution in [-0.2, 0) is 41.2 Å². The van der Waals surface area contributed by atoms with Crippen LogP contribution < -0.4 is 14.8 Å². The number of methoxy groups -OCH3 is 1. The van der Waals surface area contributed by atoms with Crippen LogP contribution in [0.15, 0.2) is 66.9 Å². The smallest absolute Gasteiger partial charge is 0.416 e. The molecule has 2 unspecified atom stereocenters. The number of nitrogens with one attached hydrogen (secondary N) is 1. The van der Waals surface area contributed by atoms with Crippen LogP contribution in [0.3, 0.4) is 0 Å². The molecule has 3 aromatic rings.